The van der Waals surface area contributed by atoms with E-state index in [1.54, 1.807) is 24.5 Å². The Morgan fingerprint density at radius 3 is 2.85 bits per heavy atom. The number of esters is 1. The number of aromatic amines is 1. The summed E-state index contributed by atoms with van der Waals surface area (Å²) in [6, 6.07) is 3.04. The number of H-pyrrole nitrogens is 1. The number of rotatable bonds is 10. The molecule has 16 heteroatoms. The van der Waals surface area contributed by atoms with E-state index in [-0.39, 0.29) is 42.7 Å². The minimum absolute atomic E-state index is 0.0365. The topological polar surface area (TPSA) is 202 Å². The Balaban J connectivity index is 1.36. The highest BCUT2D eigenvalue weighted by atomic mass is 31.2. The van der Waals surface area contributed by atoms with E-state index >= 15 is 0 Å². The second-order valence-electron chi connectivity index (χ2n) is 10.0. The largest absolute Gasteiger partial charge is 0.462 e. The molecule has 2 aromatic heterocycles. The van der Waals surface area contributed by atoms with E-state index in [4.69, 9.17) is 29.0 Å². The Bertz CT molecular complexity index is 1590. The Kier molecular flexibility index (Phi) is 7.79. The number of fused-ring (bicyclic) bond motifs is 2. The van der Waals surface area contributed by atoms with Crippen LogP contribution in [0.5, 0.6) is 17.2 Å². The van der Waals surface area contributed by atoms with Crippen LogP contribution < -0.4 is 30.4 Å². The van der Waals surface area contributed by atoms with Crippen LogP contribution in [0.1, 0.15) is 33.2 Å². The third-order valence-corrected chi connectivity index (χ3v) is 8.31. The number of hydrogen-bond donors (Lipinski definition) is 4. The van der Waals surface area contributed by atoms with Crippen molar-refractivity contribution >= 4 is 30.8 Å². The smallest absolute Gasteiger partial charge is 0.459 e. The maximum absolute atomic E-state index is 14.0. The van der Waals surface area contributed by atoms with Gasteiger partial charge in [-0.25, -0.2) is 9.55 Å². The molecular formula is C25H31N6O9P. The Hall–Kier alpha value is -3.91. The average molecular weight is 591 g/mol. The molecular weight excluding hydrogens is 559 g/mol. The highest BCUT2D eigenvalue weighted by molar-refractivity contribution is 7.52. The highest BCUT2D eigenvalue weighted by Gasteiger charge is 2.41. The van der Waals surface area contributed by atoms with Crippen molar-refractivity contribution in [3.8, 4) is 17.2 Å². The SMILES string of the molecule is C=C1[C@H](CO[P@@](=O)(N[C@@H](C)C(=O)OC(C)C)Oc2ccc3c(c2)OCO3)[C@@H](O)C[C@@H]1n1cnc2c(=O)[nH]c(N)nc21. The Labute approximate surface area is 234 Å². The van der Waals surface area contributed by atoms with E-state index in [1.165, 1.54) is 25.4 Å². The Morgan fingerprint density at radius 1 is 1.34 bits per heavy atom. The van der Waals surface area contributed by atoms with Gasteiger partial charge in [-0.1, -0.05) is 6.58 Å². The second kappa shape index (κ2) is 11.2. The van der Waals surface area contributed by atoms with E-state index in [9.17, 15) is 19.3 Å². The van der Waals surface area contributed by atoms with E-state index in [0.29, 0.717) is 17.1 Å². The van der Waals surface area contributed by atoms with Crippen LogP contribution in [-0.2, 0) is 18.6 Å². The van der Waals surface area contributed by atoms with Crippen LogP contribution in [0.4, 0.5) is 5.95 Å². The number of carbonyl (C=O) groups is 1. The molecule has 15 nitrogen and oxygen atoms in total. The summed E-state index contributed by atoms with van der Waals surface area (Å²) in [6.07, 6.45) is 0.280. The molecule has 1 aromatic carbocycles. The molecule has 1 aliphatic carbocycles. The van der Waals surface area contributed by atoms with Crippen LogP contribution in [0.25, 0.3) is 11.2 Å². The summed E-state index contributed by atoms with van der Waals surface area (Å²) in [7, 11) is -4.25. The van der Waals surface area contributed by atoms with Gasteiger partial charge in [-0.3, -0.25) is 19.1 Å². The van der Waals surface area contributed by atoms with E-state index < -0.39 is 49.5 Å². The third kappa shape index (κ3) is 5.93. The maximum atomic E-state index is 14.0. The van der Waals surface area contributed by atoms with Crippen molar-refractivity contribution in [3.63, 3.8) is 0 Å². The first kappa shape index (κ1) is 28.6. The number of aliphatic hydroxyl groups is 1. The van der Waals surface area contributed by atoms with Crippen LogP contribution in [0, 0.1) is 5.92 Å². The first-order valence-electron chi connectivity index (χ1n) is 12.9. The number of carbonyl (C=O) groups excluding carboxylic acids is 1. The van der Waals surface area contributed by atoms with Crippen LogP contribution in [0.2, 0.25) is 0 Å². The molecule has 0 bridgehead atoms. The predicted octanol–water partition coefficient (Wildman–Crippen LogP) is 2.04. The number of anilines is 1. The van der Waals surface area contributed by atoms with Gasteiger partial charge in [0.1, 0.15) is 11.8 Å². The van der Waals surface area contributed by atoms with Gasteiger partial charge in [-0.05, 0) is 44.9 Å². The molecule has 2 aliphatic rings. The second-order valence-corrected chi connectivity index (χ2v) is 11.7. The molecule has 220 valence electrons. The molecule has 5 N–H and O–H groups in total. The fourth-order valence-corrected chi connectivity index (χ4v) is 6.19. The average Bonchev–Trinajstić information content (AvgIpc) is 3.59. The van der Waals surface area contributed by atoms with Gasteiger partial charge in [0.25, 0.3) is 5.56 Å². The summed E-state index contributed by atoms with van der Waals surface area (Å²) in [6.45, 7) is 8.74. The zero-order chi connectivity index (χ0) is 29.5. The quantitative estimate of drug-likeness (QED) is 0.152. The van der Waals surface area contributed by atoms with Crippen LogP contribution in [-0.4, -0.2) is 62.2 Å². The number of ether oxygens (including phenoxy) is 3. The zero-order valence-electron chi connectivity index (χ0n) is 22.6. The van der Waals surface area contributed by atoms with Gasteiger partial charge in [0, 0.05) is 12.0 Å². The lowest BCUT2D eigenvalue weighted by atomic mass is 10.0. The van der Waals surface area contributed by atoms with Crippen LogP contribution >= 0.6 is 7.75 Å². The van der Waals surface area contributed by atoms with Gasteiger partial charge in [0.05, 0.1) is 31.2 Å². The standard InChI is InChI=1S/C25H31N6O9P/c1-12(2)39-24(34)14(4)30-41(35,40-15-5-6-19-20(7-15)37-11-36-19)38-9-16-13(3)17(8-18(16)32)31-10-27-21-22(31)28-25(26)29-23(21)33/h5-7,10,12,14,16-18,32H,3,8-9,11H2,1-2,4H3,(H,30,35)(H3,26,28,29,33)/t14-,16-,17-,18-,41-/m0/s1. The minimum Gasteiger partial charge on any atom is -0.462 e. The summed E-state index contributed by atoms with van der Waals surface area (Å²) < 4.78 is 43.0. The number of aromatic nitrogens is 4. The lowest BCUT2D eigenvalue weighted by Gasteiger charge is -2.25. The molecule has 3 heterocycles. The lowest BCUT2D eigenvalue weighted by molar-refractivity contribution is -0.149. The normalized spacial score (nSPS) is 22.2. The van der Waals surface area contributed by atoms with Gasteiger partial charge in [-0.2, -0.15) is 10.1 Å². The molecule has 1 aliphatic heterocycles. The molecule has 5 atom stereocenters. The van der Waals surface area contributed by atoms with Crippen molar-refractivity contribution in [3.05, 3.63) is 47.0 Å². The highest BCUT2D eigenvalue weighted by Crippen LogP contribution is 2.49. The van der Waals surface area contributed by atoms with Gasteiger partial charge >= 0.3 is 13.7 Å². The fraction of sp³-hybridized carbons (Fsp3) is 0.440. The van der Waals surface area contributed by atoms with Crippen molar-refractivity contribution in [2.45, 2.75) is 51.5 Å². The summed E-state index contributed by atoms with van der Waals surface area (Å²) in [5, 5.41) is 13.5. The molecule has 3 aromatic rings. The maximum Gasteiger partial charge on any atom is 0.459 e. The van der Waals surface area contributed by atoms with Gasteiger partial charge in [0.15, 0.2) is 22.7 Å². The van der Waals surface area contributed by atoms with Gasteiger partial charge < -0.3 is 34.1 Å². The number of nitrogen functional groups attached to an aromatic ring is 1. The number of hydrogen-bond acceptors (Lipinski definition) is 12. The van der Waals surface area contributed by atoms with E-state index in [1.807, 2.05) is 0 Å². The molecule has 0 amide bonds. The summed E-state index contributed by atoms with van der Waals surface area (Å²) >= 11 is 0. The molecule has 5 rings (SSSR count). The van der Waals surface area contributed by atoms with Crippen molar-refractivity contribution in [1.29, 1.82) is 0 Å². The van der Waals surface area contributed by atoms with Gasteiger partial charge in [0.2, 0.25) is 12.7 Å². The summed E-state index contributed by atoms with van der Waals surface area (Å²) in [5.41, 5.74) is 6.08. The number of aliphatic hydroxyl groups excluding tert-OH is 1. The summed E-state index contributed by atoms with van der Waals surface area (Å²) in [5.74, 6) is -0.397. The number of nitrogens with two attached hydrogens (primary N) is 1. The first-order valence-corrected chi connectivity index (χ1v) is 14.4. The predicted molar refractivity (Wildman–Crippen MR) is 145 cm³/mol. The monoisotopic (exact) mass is 590 g/mol. The van der Waals surface area contributed by atoms with Gasteiger partial charge in [-0.15, -0.1) is 0 Å². The number of nitrogens with zero attached hydrogens (tertiary/aromatic N) is 3. The van der Waals surface area contributed by atoms with Crippen molar-refractivity contribution < 1.29 is 37.7 Å². The molecule has 0 radical (unpaired) electrons. The molecule has 1 fully saturated rings. The number of imidazole rings is 1. The molecule has 0 saturated heterocycles. The lowest BCUT2D eigenvalue weighted by Crippen LogP contribution is -2.36. The van der Waals surface area contributed by atoms with Crippen LogP contribution in [0.15, 0.2) is 41.5 Å². The van der Waals surface area contributed by atoms with E-state index in [0.717, 1.165) is 0 Å². The Morgan fingerprint density at radius 2 is 2.10 bits per heavy atom. The number of benzene rings is 1. The third-order valence-electron chi connectivity index (χ3n) is 6.67. The zero-order valence-corrected chi connectivity index (χ0v) is 23.5. The summed E-state index contributed by atoms with van der Waals surface area (Å²) in [4.78, 5) is 35.4. The number of nitrogens with one attached hydrogen (secondary N) is 2. The van der Waals surface area contributed by atoms with Crippen LogP contribution in [0.3, 0.4) is 0 Å². The minimum atomic E-state index is -4.25. The van der Waals surface area contributed by atoms with Crippen molar-refractivity contribution in [2.24, 2.45) is 5.92 Å². The molecule has 0 unspecified atom stereocenters. The fourth-order valence-electron chi connectivity index (χ4n) is 4.69. The molecule has 1 saturated carbocycles. The van der Waals surface area contributed by atoms with Crippen molar-refractivity contribution in [1.82, 2.24) is 24.6 Å². The van der Waals surface area contributed by atoms with E-state index in [2.05, 4.69) is 26.6 Å². The van der Waals surface area contributed by atoms with Crippen molar-refractivity contribution in [2.75, 3.05) is 19.1 Å². The molecule has 0 spiro atoms. The first-order chi connectivity index (χ1) is 19.4. The molecule has 41 heavy (non-hydrogen) atoms.